The van der Waals surface area contributed by atoms with Crippen molar-refractivity contribution in [2.45, 2.75) is 6.04 Å². The van der Waals surface area contributed by atoms with E-state index in [-0.39, 0.29) is 6.04 Å². The van der Waals surface area contributed by atoms with E-state index < -0.39 is 0 Å². The molecule has 2 N–H and O–H groups in total. The Hall–Kier alpha value is -1.27. The highest BCUT2D eigenvalue weighted by molar-refractivity contribution is 6.29. The summed E-state index contributed by atoms with van der Waals surface area (Å²) in [6, 6.07) is 0.0441. The lowest BCUT2D eigenvalue weighted by molar-refractivity contribution is 0.164. The molecule has 1 atom stereocenters. The summed E-state index contributed by atoms with van der Waals surface area (Å²) in [7, 11) is 3.55. The molecule has 6 nitrogen and oxygen atoms in total. The van der Waals surface area contributed by atoms with Crippen LogP contribution in [0.15, 0.2) is 11.2 Å². The van der Waals surface area contributed by atoms with E-state index in [2.05, 4.69) is 9.98 Å². The van der Waals surface area contributed by atoms with Crippen LogP contribution in [0.2, 0.25) is 5.15 Å². The first-order chi connectivity index (χ1) is 8.15. The Labute approximate surface area is 105 Å². The number of halogens is 1. The Balaban J connectivity index is 2.18. The molecule has 1 aromatic heterocycles. The van der Waals surface area contributed by atoms with Crippen molar-refractivity contribution in [2.24, 2.45) is 17.8 Å². The molecule has 94 valence electrons. The second-order valence-corrected chi connectivity index (χ2v) is 4.29. The quantitative estimate of drug-likeness (QED) is 0.847. The molecule has 1 aliphatic heterocycles. The van der Waals surface area contributed by atoms with Gasteiger partial charge in [-0.3, -0.25) is 4.99 Å². The molecule has 0 amide bonds. The summed E-state index contributed by atoms with van der Waals surface area (Å²) in [6.07, 6.45) is 1.64. The second kappa shape index (κ2) is 4.93. The summed E-state index contributed by atoms with van der Waals surface area (Å²) < 4.78 is 6.91. The highest BCUT2D eigenvalue weighted by atomic mass is 35.5. The molecule has 0 spiro atoms. The van der Waals surface area contributed by atoms with Crippen LogP contribution in [0.5, 0.6) is 0 Å². The van der Waals surface area contributed by atoms with E-state index in [9.17, 15) is 0 Å². The van der Waals surface area contributed by atoms with Gasteiger partial charge in [0.1, 0.15) is 17.0 Å². The van der Waals surface area contributed by atoms with Crippen molar-refractivity contribution in [3.8, 4) is 0 Å². The van der Waals surface area contributed by atoms with Gasteiger partial charge in [0.2, 0.25) is 0 Å². The molecule has 0 aromatic carbocycles. The van der Waals surface area contributed by atoms with Gasteiger partial charge in [0, 0.05) is 20.7 Å². The predicted octanol–water partition coefficient (Wildman–Crippen LogP) is 0.391. The van der Waals surface area contributed by atoms with Gasteiger partial charge in [-0.2, -0.15) is 0 Å². The minimum Gasteiger partial charge on any atom is -0.383 e. The normalized spacial score (nSPS) is 19.8. The van der Waals surface area contributed by atoms with Crippen LogP contribution in [-0.4, -0.2) is 47.2 Å². The number of imidazole rings is 1. The molecule has 0 bridgehead atoms. The van der Waals surface area contributed by atoms with Crippen LogP contribution in [0, 0.1) is 0 Å². The second-order valence-electron chi connectivity index (χ2n) is 3.90. The standard InChI is InChI=1S/C10H16ClN5O/c1-15-8(11)6-13-9(15)7-5-14-10(12)16(7)3-4-17-2/h6-7H,3-5H2,1-2H3,(H2,12,14). The molecule has 17 heavy (non-hydrogen) atoms. The van der Waals surface area contributed by atoms with E-state index in [1.54, 1.807) is 13.3 Å². The van der Waals surface area contributed by atoms with E-state index in [1.807, 2.05) is 16.5 Å². The van der Waals surface area contributed by atoms with Crippen molar-refractivity contribution in [3.05, 3.63) is 17.2 Å². The Morgan fingerprint density at radius 2 is 2.41 bits per heavy atom. The van der Waals surface area contributed by atoms with Gasteiger partial charge in [-0.05, 0) is 0 Å². The number of aromatic nitrogens is 2. The van der Waals surface area contributed by atoms with E-state index in [4.69, 9.17) is 22.1 Å². The first kappa shape index (κ1) is 12.2. The Morgan fingerprint density at radius 3 is 3.00 bits per heavy atom. The van der Waals surface area contributed by atoms with Crippen molar-refractivity contribution >= 4 is 17.6 Å². The average molecular weight is 258 g/mol. The minimum absolute atomic E-state index is 0.0441. The van der Waals surface area contributed by atoms with E-state index >= 15 is 0 Å². The molecule has 2 heterocycles. The molecule has 7 heteroatoms. The summed E-state index contributed by atoms with van der Waals surface area (Å²) >= 11 is 5.98. The van der Waals surface area contributed by atoms with Crippen LogP contribution in [-0.2, 0) is 11.8 Å². The van der Waals surface area contributed by atoms with Crippen molar-refractivity contribution in [3.63, 3.8) is 0 Å². The first-order valence-electron chi connectivity index (χ1n) is 5.37. The third-order valence-corrected chi connectivity index (χ3v) is 3.25. The molecule has 2 rings (SSSR count). The number of hydrogen-bond acceptors (Lipinski definition) is 5. The number of guanidine groups is 1. The zero-order chi connectivity index (χ0) is 12.4. The molecule has 0 aliphatic carbocycles. The lowest BCUT2D eigenvalue weighted by Crippen LogP contribution is -2.39. The maximum Gasteiger partial charge on any atom is 0.192 e. The van der Waals surface area contributed by atoms with Gasteiger partial charge in [0.25, 0.3) is 0 Å². The smallest absolute Gasteiger partial charge is 0.192 e. The zero-order valence-corrected chi connectivity index (χ0v) is 10.7. The monoisotopic (exact) mass is 257 g/mol. The molecule has 0 saturated heterocycles. The Bertz CT molecular complexity index is 430. The van der Waals surface area contributed by atoms with Crippen LogP contribution in [0.1, 0.15) is 11.9 Å². The lowest BCUT2D eigenvalue weighted by atomic mass is 10.2. The third-order valence-electron chi connectivity index (χ3n) is 2.90. The van der Waals surface area contributed by atoms with Crippen molar-refractivity contribution < 1.29 is 4.74 Å². The fraction of sp³-hybridized carbons (Fsp3) is 0.600. The molecule has 1 aliphatic rings. The maximum absolute atomic E-state index is 5.98. The summed E-state index contributed by atoms with van der Waals surface area (Å²) in [5.41, 5.74) is 5.85. The highest BCUT2D eigenvalue weighted by Gasteiger charge is 2.30. The van der Waals surface area contributed by atoms with Gasteiger partial charge in [0.05, 0.1) is 19.3 Å². The van der Waals surface area contributed by atoms with Gasteiger partial charge in [-0.15, -0.1) is 0 Å². The van der Waals surface area contributed by atoms with Crippen LogP contribution >= 0.6 is 11.6 Å². The van der Waals surface area contributed by atoms with Crippen molar-refractivity contribution in [2.75, 3.05) is 26.8 Å². The van der Waals surface area contributed by atoms with Crippen LogP contribution in [0.3, 0.4) is 0 Å². The Morgan fingerprint density at radius 1 is 1.65 bits per heavy atom. The summed E-state index contributed by atoms with van der Waals surface area (Å²) in [5.74, 6) is 1.40. The summed E-state index contributed by atoms with van der Waals surface area (Å²) in [4.78, 5) is 10.5. The van der Waals surface area contributed by atoms with Crippen LogP contribution in [0.4, 0.5) is 0 Å². The SMILES string of the molecule is COCCN1C(N)=NCC1c1ncc(Cl)n1C. The molecule has 1 unspecified atom stereocenters. The summed E-state index contributed by atoms with van der Waals surface area (Å²) in [5, 5.41) is 0.608. The number of nitrogens with two attached hydrogens (primary N) is 1. The topological polar surface area (TPSA) is 68.7 Å². The van der Waals surface area contributed by atoms with Crippen LogP contribution in [0.25, 0.3) is 0 Å². The number of hydrogen-bond donors (Lipinski definition) is 1. The van der Waals surface area contributed by atoms with Gasteiger partial charge >= 0.3 is 0 Å². The number of rotatable bonds is 4. The molecule has 0 saturated carbocycles. The van der Waals surface area contributed by atoms with Crippen molar-refractivity contribution in [1.29, 1.82) is 0 Å². The average Bonchev–Trinajstić information content (AvgIpc) is 2.82. The first-order valence-corrected chi connectivity index (χ1v) is 5.75. The molecule has 1 aromatic rings. The van der Waals surface area contributed by atoms with E-state index in [1.165, 1.54) is 0 Å². The number of methoxy groups -OCH3 is 1. The molecular formula is C10H16ClN5O. The number of ether oxygens (including phenoxy) is 1. The minimum atomic E-state index is 0.0441. The van der Waals surface area contributed by atoms with Gasteiger partial charge in [-0.25, -0.2) is 4.98 Å². The fourth-order valence-corrected chi connectivity index (χ4v) is 2.06. The maximum atomic E-state index is 5.98. The lowest BCUT2D eigenvalue weighted by Gasteiger charge is -2.25. The van der Waals surface area contributed by atoms with Gasteiger partial charge in [-0.1, -0.05) is 11.6 Å². The Kier molecular flexibility index (Phi) is 3.54. The van der Waals surface area contributed by atoms with Crippen molar-refractivity contribution in [1.82, 2.24) is 14.5 Å². The zero-order valence-electron chi connectivity index (χ0n) is 9.93. The third kappa shape index (κ3) is 2.23. The molecular weight excluding hydrogens is 242 g/mol. The number of aliphatic imine (C=N–C) groups is 1. The van der Waals surface area contributed by atoms with E-state index in [0.717, 1.165) is 5.82 Å². The molecule has 0 radical (unpaired) electrons. The predicted molar refractivity (Wildman–Crippen MR) is 66.0 cm³/mol. The highest BCUT2D eigenvalue weighted by Crippen LogP contribution is 2.25. The summed E-state index contributed by atoms with van der Waals surface area (Å²) in [6.45, 7) is 1.91. The fourth-order valence-electron chi connectivity index (χ4n) is 1.92. The van der Waals surface area contributed by atoms with Crippen LogP contribution < -0.4 is 5.73 Å². The van der Waals surface area contributed by atoms with Gasteiger partial charge < -0.3 is 19.9 Å². The van der Waals surface area contributed by atoms with E-state index in [0.29, 0.717) is 30.8 Å². The number of nitrogens with zero attached hydrogens (tertiary/aromatic N) is 4. The molecule has 0 fully saturated rings. The largest absolute Gasteiger partial charge is 0.383 e. The van der Waals surface area contributed by atoms with Gasteiger partial charge in [0.15, 0.2) is 5.96 Å².